The van der Waals surface area contributed by atoms with E-state index in [0.29, 0.717) is 24.2 Å². The first-order valence-electron chi connectivity index (χ1n) is 14.3. The second-order valence-electron chi connectivity index (χ2n) is 11.6. The molecule has 3 unspecified atom stereocenters. The first-order chi connectivity index (χ1) is 17.4. The molecule has 5 nitrogen and oxygen atoms in total. The van der Waals surface area contributed by atoms with E-state index in [1.54, 1.807) is 0 Å². The number of ether oxygens (including phenoxy) is 4. The predicted molar refractivity (Wildman–Crippen MR) is 139 cm³/mol. The zero-order valence-corrected chi connectivity index (χ0v) is 22.5. The summed E-state index contributed by atoms with van der Waals surface area (Å²) in [5.41, 5.74) is 2.10. The molecular formula is C30H47FO5. The Hall–Kier alpha value is -1.05. The summed E-state index contributed by atoms with van der Waals surface area (Å²) in [6, 6.07) is 0. The van der Waals surface area contributed by atoms with E-state index in [0.717, 1.165) is 76.6 Å². The predicted octanol–water partition coefficient (Wildman–Crippen LogP) is 6.62. The summed E-state index contributed by atoms with van der Waals surface area (Å²) < 4.78 is 39.2. The summed E-state index contributed by atoms with van der Waals surface area (Å²) in [4.78, 5) is 0. The Kier molecular flexibility index (Phi) is 10.6. The summed E-state index contributed by atoms with van der Waals surface area (Å²) >= 11 is 0. The molecule has 4 rings (SSSR count). The highest BCUT2D eigenvalue weighted by Crippen LogP contribution is 2.52. The number of hydrogen-bond donors (Lipinski definition) is 1. The van der Waals surface area contributed by atoms with Gasteiger partial charge in [-0.3, -0.25) is 0 Å². The Bertz CT molecular complexity index is 776. The van der Waals surface area contributed by atoms with Crippen molar-refractivity contribution in [2.24, 2.45) is 23.7 Å². The minimum atomic E-state index is -0.496. The van der Waals surface area contributed by atoms with Crippen molar-refractivity contribution in [2.45, 2.75) is 110 Å². The molecule has 1 N–H and O–H groups in total. The third-order valence-corrected chi connectivity index (χ3v) is 8.47. The molecule has 2 saturated heterocycles. The lowest BCUT2D eigenvalue weighted by Crippen LogP contribution is -2.32. The minimum Gasteiger partial charge on any atom is -0.389 e. The van der Waals surface area contributed by atoms with Crippen molar-refractivity contribution in [1.29, 1.82) is 0 Å². The molecule has 36 heavy (non-hydrogen) atoms. The summed E-state index contributed by atoms with van der Waals surface area (Å²) in [5, 5.41) is 9.35. The van der Waals surface area contributed by atoms with Gasteiger partial charge >= 0.3 is 0 Å². The van der Waals surface area contributed by atoms with Gasteiger partial charge in [-0.25, -0.2) is 4.39 Å². The number of allylic oxidation sites excluding steroid dienone is 3. The van der Waals surface area contributed by atoms with Gasteiger partial charge in [-0.1, -0.05) is 30.7 Å². The lowest BCUT2D eigenvalue weighted by atomic mass is 9.89. The third kappa shape index (κ3) is 7.50. The van der Waals surface area contributed by atoms with Crippen molar-refractivity contribution in [1.82, 2.24) is 0 Å². The van der Waals surface area contributed by atoms with E-state index in [1.165, 1.54) is 5.57 Å². The highest BCUT2D eigenvalue weighted by molar-refractivity contribution is 5.21. The van der Waals surface area contributed by atoms with Crippen LogP contribution >= 0.6 is 0 Å². The zero-order valence-electron chi connectivity index (χ0n) is 22.5. The standard InChI is InChI=1S/C30H47FO5/c1-20(2)10-11-21(3)27(35-29-8-4-6-14-33-29)13-12-24-25-17-23(26(31)19-32)16-22(25)18-28(24)36-30-9-5-7-15-34-30/h10,12-13,21-22,24-25,27-30,32H,4-9,11,14-19H2,1-3H3/b13-12+,26-23-/t21?,22-,24+,25-,27+,28+,29?,30?/m0/s1. The van der Waals surface area contributed by atoms with Crippen LogP contribution in [0.15, 0.2) is 35.2 Å². The van der Waals surface area contributed by atoms with E-state index in [9.17, 15) is 9.50 Å². The second-order valence-corrected chi connectivity index (χ2v) is 11.6. The molecule has 0 aromatic carbocycles. The fourth-order valence-corrected chi connectivity index (χ4v) is 6.36. The topological polar surface area (TPSA) is 57.2 Å². The van der Waals surface area contributed by atoms with Gasteiger partial charge in [0.05, 0.1) is 18.8 Å². The Morgan fingerprint density at radius 3 is 2.44 bits per heavy atom. The Labute approximate surface area is 217 Å². The molecule has 0 amide bonds. The average Bonchev–Trinajstić information content (AvgIpc) is 3.44. The lowest BCUT2D eigenvalue weighted by molar-refractivity contribution is -0.193. The van der Waals surface area contributed by atoms with Gasteiger partial charge in [0.2, 0.25) is 0 Å². The first-order valence-corrected chi connectivity index (χ1v) is 14.3. The number of aliphatic hydroxyl groups excluding tert-OH is 1. The SMILES string of the molecule is CC(C)=CCC(C)[C@@H](/C=C/[C@@H]1[C@H]2C/C(=C(\F)CO)C[C@H]2C[C@H]1OC1CCCCO1)OC1CCCCO1. The van der Waals surface area contributed by atoms with Crippen LogP contribution in [-0.2, 0) is 18.9 Å². The molecule has 6 heteroatoms. The largest absolute Gasteiger partial charge is 0.389 e. The molecule has 0 spiro atoms. The van der Waals surface area contributed by atoms with Crippen molar-refractivity contribution < 1.29 is 28.4 Å². The van der Waals surface area contributed by atoms with Gasteiger partial charge < -0.3 is 24.1 Å². The quantitative estimate of drug-likeness (QED) is 0.338. The van der Waals surface area contributed by atoms with Crippen LogP contribution in [0.5, 0.6) is 0 Å². The number of rotatable bonds is 10. The molecule has 2 aliphatic heterocycles. The van der Waals surface area contributed by atoms with E-state index < -0.39 is 6.61 Å². The van der Waals surface area contributed by atoms with Gasteiger partial charge in [-0.05, 0) is 101 Å². The highest BCUT2D eigenvalue weighted by atomic mass is 19.1. The van der Waals surface area contributed by atoms with Gasteiger partial charge in [0, 0.05) is 19.1 Å². The smallest absolute Gasteiger partial charge is 0.158 e. The van der Waals surface area contributed by atoms with Crippen LogP contribution in [0.25, 0.3) is 0 Å². The van der Waals surface area contributed by atoms with Crippen LogP contribution in [0.1, 0.15) is 85.0 Å². The van der Waals surface area contributed by atoms with Gasteiger partial charge in [0.1, 0.15) is 5.83 Å². The number of aliphatic hydroxyl groups is 1. The normalized spacial score (nSPS) is 36.0. The van der Waals surface area contributed by atoms with Crippen LogP contribution in [0.2, 0.25) is 0 Å². The first kappa shape index (κ1) is 28.0. The molecule has 0 bridgehead atoms. The van der Waals surface area contributed by atoms with E-state index in [4.69, 9.17) is 18.9 Å². The van der Waals surface area contributed by atoms with Crippen molar-refractivity contribution in [2.75, 3.05) is 19.8 Å². The fourth-order valence-electron chi connectivity index (χ4n) is 6.36. The van der Waals surface area contributed by atoms with Crippen molar-refractivity contribution in [3.63, 3.8) is 0 Å². The summed E-state index contributed by atoms with van der Waals surface area (Å²) in [5.74, 6) is 0.849. The van der Waals surface area contributed by atoms with E-state index in [2.05, 4.69) is 39.0 Å². The van der Waals surface area contributed by atoms with Crippen molar-refractivity contribution in [3.05, 3.63) is 35.2 Å². The van der Waals surface area contributed by atoms with Crippen molar-refractivity contribution >= 4 is 0 Å². The third-order valence-electron chi connectivity index (χ3n) is 8.47. The second kappa shape index (κ2) is 13.7. The summed E-state index contributed by atoms with van der Waals surface area (Å²) in [6.07, 6.45) is 16.2. The van der Waals surface area contributed by atoms with Crippen LogP contribution in [-0.4, -0.2) is 49.7 Å². The molecule has 204 valence electrons. The maximum absolute atomic E-state index is 14.3. The molecular weight excluding hydrogens is 459 g/mol. The summed E-state index contributed by atoms with van der Waals surface area (Å²) in [6.45, 7) is 7.54. The number of hydrogen-bond acceptors (Lipinski definition) is 5. The molecule has 2 aliphatic carbocycles. The van der Waals surface area contributed by atoms with E-state index in [1.807, 2.05) is 0 Å². The maximum Gasteiger partial charge on any atom is 0.158 e. The molecule has 0 radical (unpaired) electrons. The highest BCUT2D eigenvalue weighted by Gasteiger charge is 2.48. The molecule has 4 fully saturated rings. The van der Waals surface area contributed by atoms with Gasteiger partial charge in [0.15, 0.2) is 12.6 Å². The monoisotopic (exact) mass is 506 g/mol. The minimum absolute atomic E-state index is 0.0556. The lowest BCUT2D eigenvalue weighted by Gasteiger charge is -2.31. The number of halogens is 1. The Morgan fingerprint density at radius 2 is 1.81 bits per heavy atom. The average molecular weight is 507 g/mol. The van der Waals surface area contributed by atoms with Gasteiger partial charge in [-0.15, -0.1) is 0 Å². The Balaban J connectivity index is 1.51. The maximum atomic E-state index is 14.3. The molecule has 4 aliphatic rings. The van der Waals surface area contributed by atoms with E-state index in [-0.39, 0.29) is 36.5 Å². The number of fused-ring (bicyclic) bond motifs is 1. The van der Waals surface area contributed by atoms with Crippen molar-refractivity contribution in [3.8, 4) is 0 Å². The van der Waals surface area contributed by atoms with Crippen LogP contribution in [0.4, 0.5) is 4.39 Å². The van der Waals surface area contributed by atoms with E-state index >= 15 is 0 Å². The molecule has 2 heterocycles. The Morgan fingerprint density at radius 1 is 1.08 bits per heavy atom. The summed E-state index contributed by atoms with van der Waals surface area (Å²) in [7, 11) is 0. The van der Waals surface area contributed by atoms with Crippen LogP contribution in [0.3, 0.4) is 0 Å². The molecule has 2 saturated carbocycles. The zero-order chi connectivity index (χ0) is 25.5. The molecule has 0 aromatic heterocycles. The van der Waals surface area contributed by atoms with Crippen LogP contribution < -0.4 is 0 Å². The van der Waals surface area contributed by atoms with Crippen LogP contribution in [0, 0.1) is 23.7 Å². The fraction of sp³-hybridized carbons (Fsp3) is 0.800. The van der Waals surface area contributed by atoms with Gasteiger partial charge in [0.25, 0.3) is 0 Å². The molecule has 8 atom stereocenters. The van der Waals surface area contributed by atoms with Gasteiger partial charge in [-0.2, -0.15) is 0 Å². The molecule has 0 aromatic rings.